The van der Waals surface area contributed by atoms with Crippen molar-refractivity contribution in [2.75, 3.05) is 45.9 Å². The predicted octanol–water partition coefficient (Wildman–Crippen LogP) is 4.52. The van der Waals surface area contributed by atoms with Crippen LogP contribution in [-0.2, 0) is 9.53 Å². The van der Waals surface area contributed by atoms with Crippen molar-refractivity contribution in [2.45, 2.75) is 13.0 Å². The van der Waals surface area contributed by atoms with Gasteiger partial charge in [-0.3, -0.25) is 14.6 Å². The number of nitrogens with zero attached hydrogens (tertiary/aromatic N) is 3. The molecule has 1 unspecified atom stereocenters. The Morgan fingerprint density at radius 2 is 1.63 bits per heavy atom. The van der Waals surface area contributed by atoms with E-state index in [0.29, 0.717) is 59.6 Å². The smallest absolute Gasteiger partial charge is 0.338 e. The molecule has 0 radical (unpaired) electrons. The minimum Gasteiger partial charge on any atom is -0.463 e. The Morgan fingerprint density at radius 1 is 1.03 bits per heavy atom. The van der Waals surface area contributed by atoms with E-state index in [1.165, 1.54) is 4.90 Å². The summed E-state index contributed by atoms with van der Waals surface area (Å²) in [6, 6.07) is 12.8. The van der Waals surface area contributed by atoms with Crippen molar-refractivity contribution in [2.24, 2.45) is 0 Å². The van der Waals surface area contributed by atoms with Gasteiger partial charge >= 0.3 is 12.0 Å². The molecule has 2 aromatic rings. The molecule has 1 saturated heterocycles. The number of piperazine rings is 1. The zero-order valence-corrected chi connectivity index (χ0v) is 22.7. The monoisotopic (exact) mass is 556 g/mol. The third-order valence-electron chi connectivity index (χ3n) is 6.57. The number of benzene rings is 2. The van der Waals surface area contributed by atoms with Gasteiger partial charge in [-0.15, -0.1) is 6.58 Å². The number of carbonyl (C=O) groups excluding carboxylic acids is 3. The predicted molar refractivity (Wildman–Crippen MR) is 147 cm³/mol. The molecule has 0 aromatic heterocycles. The fourth-order valence-corrected chi connectivity index (χ4v) is 4.90. The largest absolute Gasteiger partial charge is 0.463 e. The van der Waals surface area contributed by atoms with Crippen LogP contribution >= 0.6 is 23.2 Å². The molecule has 1 fully saturated rings. The van der Waals surface area contributed by atoms with E-state index < -0.39 is 12.0 Å². The van der Waals surface area contributed by atoms with Gasteiger partial charge in [-0.05, 0) is 48.9 Å². The summed E-state index contributed by atoms with van der Waals surface area (Å²) in [5, 5.41) is 4.08. The third kappa shape index (κ3) is 6.20. The van der Waals surface area contributed by atoms with Crippen molar-refractivity contribution in [3.05, 3.63) is 93.6 Å². The van der Waals surface area contributed by atoms with Crippen LogP contribution in [0.25, 0.3) is 0 Å². The fourth-order valence-electron chi connectivity index (χ4n) is 4.65. The van der Waals surface area contributed by atoms with Gasteiger partial charge in [0.05, 0.1) is 18.2 Å². The number of rotatable bonds is 8. The SMILES string of the molecule is C=CCN1C(=O)NC(c2ccc(Cl)cc2)C(C(=O)OCC)=C1CN1CCN(C(=O)c2ccc(Cl)cc2)CC1. The van der Waals surface area contributed by atoms with Crippen molar-refractivity contribution < 1.29 is 19.1 Å². The van der Waals surface area contributed by atoms with Crippen LogP contribution in [0, 0.1) is 0 Å². The van der Waals surface area contributed by atoms with E-state index in [-0.39, 0.29) is 25.1 Å². The average Bonchev–Trinajstić information content (AvgIpc) is 2.91. The second-order valence-corrected chi connectivity index (χ2v) is 9.86. The summed E-state index contributed by atoms with van der Waals surface area (Å²) in [5.41, 5.74) is 2.24. The molecule has 8 nitrogen and oxygen atoms in total. The molecule has 2 aliphatic heterocycles. The lowest BCUT2D eigenvalue weighted by atomic mass is 9.94. The van der Waals surface area contributed by atoms with Crippen molar-refractivity contribution in [1.82, 2.24) is 20.0 Å². The third-order valence-corrected chi connectivity index (χ3v) is 7.08. The maximum Gasteiger partial charge on any atom is 0.338 e. The molecule has 3 amide bonds. The first-order valence-electron chi connectivity index (χ1n) is 12.4. The molecule has 1 N–H and O–H groups in total. The molecular formula is C28H30Cl2N4O4. The van der Waals surface area contributed by atoms with E-state index in [1.54, 1.807) is 66.4 Å². The highest BCUT2D eigenvalue weighted by Gasteiger charge is 2.38. The van der Waals surface area contributed by atoms with Gasteiger partial charge in [0, 0.05) is 60.6 Å². The summed E-state index contributed by atoms with van der Waals surface area (Å²) in [7, 11) is 0. The number of amides is 3. The molecule has 0 aliphatic carbocycles. The van der Waals surface area contributed by atoms with E-state index in [4.69, 9.17) is 27.9 Å². The number of carbonyl (C=O) groups is 3. The van der Waals surface area contributed by atoms with Crippen LogP contribution in [0.15, 0.2) is 72.5 Å². The number of nitrogens with one attached hydrogen (secondary N) is 1. The van der Waals surface area contributed by atoms with Crippen molar-refractivity contribution in [3.63, 3.8) is 0 Å². The molecule has 0 saturated carbocycles. The molecule has 2 aliphatic rings. The normalized spacial score (nSPS) is 18.3. The molecule has 0 bridgehead atoms. The summed E-state index contributed by atoms with van der Waals surface area (Å²) in [6.07, 6.45) is 1.62. The fraction of sp³-hybridized carbons (Fsp3) is 0.321. The van der Waals surface area contributed by atoms with Crippen LogP contribution in [0.5, 0.6) is 0 Å². The van der Waals surface area contributed by atoms with Crippen molar-refractivity contribution >= 4 is 41.1 Å². The van der Waals surface area contributed by atoms with Crippen molar-refractivity contribution in [3.8, 4) is 0 Å². The van der Waals surface area contributed by atoms with E-state index in [1.807, 2.05) is 0 Å². The van der Waals surface area contributed by atoms with Gasteiger partial charge < -0.3 is 15.0 Å². The van der Waals surface area contributed by atoms with Crippen LogP contribution in [-0.4, -0.2) is 78.5 Å². The lowest BCUT2D eigenvalue weighted by Gasteiger charge is -2.40. The Hall–Kier alpha value is -3.33. The van der Waals surface area contributed by atoms with Gasteiger partial charge in [0.15, 0.2) is 0 Å². The first-order chi connectivity index (χ1) is 18.3. The lowest BCUT2D eigenvalue weighted by molar-refractivity contribution is -0.139. The van der Waals surface area contributed by atoms with Crippen molar-refractivity contribution in [1.29, 1.82) is 0 Å². The molecule has 1 atom stereocenters. The zero-order chi connectivity index (χ0) is 27.2. The summed E-state index contributed by atoms with van der Waals surface area (Å²) >= 11 is 12.0. The molecule has 4 rings (SSSR count). The molecule has 10 heteroatoms. The second kappa shape index (κ2) is 12.5. The Balaban J connectivity index is 1.60. The maximum atomic E-state index is 13.3. The quantitative estimate of drug-likeness (QED) is 0.382. The first-order valence-corrected chi connectivity index (χ1v) is 13.2. The number of urea groups is 1. The van der Waals surface area contributed by atoms with Gasteiger partial charge in [-0.2, -0.15) is 0 Å². The Morgan fingerprint density at radius 3 is 2.21 bits per heavy atom. The first kappa shape index (κ1) is 27.7. The molecule has 2 heterocycles. The lowest BCUT2D eigenvalue weighted by Crippen LogP contribution is -2.53. The highest BCUT2D eigenvalue weighted by atomic mass is 35.5. The summed E-state index contributed by atoms with van der Waals surface area (Å²) < 4.78 is 5.44. The van der Waals surface area contributed by atoms with Gasteiger partial charge in [0.2, 0.25) is 0 Å². The highest BCUT2D eigenvalue weighted by Crippen LogP contribution is 2.33. The number of ether oxygens (including phenoxy) is 1. The standard InChI is InChI=1S/C28H30Cl2N4O4/c1-3-13-34-23(18-32-14-16-33(17-15-32)26(35)20-7-11-22(30)12-8-20)24(27(36)38-4-2)25(31-28(34)37)19-5-9-21(29)10-6-19/h3,5-12,25H,1,4,13-18H2,2H3,(H,31,37). The molecule has 2 aromatic carbocycles. The number of hydrogen-bond donors (Lipinski definition) is 1. The molecule has 0 spiro atoms. The van der Waals surface area contributed by atoms with Gasteiger partial charge in [0.1, 0.15) is 0 Å². The summed E-state index contributed by atoms with van der Waals surface area (Å²) in [4.78, 5) is 44.9. The van der Waals surface area contributed by atoms with E-state index in [2.05, 4.69) is 16.8 Å². The number of halogens is 2. The van der Waals surface area contributed by atoms with Crippen LogP contribution in [0.3, 0.4) is 0 Å². The summed E-state index contributed by atoms with van der Waals surface area (Å²) in [5.74, 6) is -0.547. The average molecular weight is 557 g/mol. The Labute approximate surface area is 232 Å². The van der Waals surface area contributed by atoms with Crippen LogP contribution in [0.4, 0.5) is 4.79 Å². The second-order valence-electron chi connectivity index (χ2n) is 8.99. The van der Waals surface area contributed by atoms with Crippen LogP contribution in [0.2, 0.25) is 10.0 Å². The highest BCUT2D eigenvalue weighted by molar-refractivity contribution is 6.30. The Bertz CT molecular complexity index is 1220. The van der Waals surface area contributed by atoms with E-state index in [9.17, 15) is 14.4 Å². The Kier molecular flexibility index (Phi) is 9.09. The van der Waals surface area contributed by atoms with Crippen LogP contribution < -0.4 is 5.32 Å². The minimum absolute atomic E-state index is 0.0547. The maximum absolute atomic E-state index is 13.3. The zero-order valence-electron chi connectivity index (χ0n) is 21.2. The topological polar surface area (TPSA) is 82.2 Å². The van der Waals surface area contributed by atoms with Gasteiger partial charge in [0.25, 0.3) is 5.91 Å². The number of esters is 1. The molecular weight excluding hydrogens is 527 g/mol. The van der Waals surface area contributed by atoms with E-state index >= 15 is 0 Å². The summed E-state index contributed by atoms with van der Waals surface area (Å²) in [6.45, 7) is 8.47. The van der Waals surface area contributed by atoms with Gasteiger partial charge in [-0.25, -0.2) is 9.59 Å². The van der Waals surface area contributed by atoms with Crippen LogP contribution in [0.1, 0.15) is 28.9 Å². The number of hydrogen-bond acceptors (Lipinski definition) is 5. The molecule has 38 heavy (non-hydrogen) atoms. The minimum atomic E-state index is -0.692. The molecule has 200 valence electrons. The van der Waals surface area contributed by atoms with Gasteiger partial charge in [-0.1, -0.05) is 41.4 Å². The van der Waals surface area contributed by atoms with E-state index in [0.717, 1.165) is 5.56 Å².